The number of hydrogen-bond donors (Lipinski definition) is 1. The van der Waals surface area contributed by atoms with E-state index in [9.17, 15) is 18.0 Å². The molecule has 8 nitrogen and oxygen atoms in total. The highest BCUT2D eigenvalue weighted by molar-refractivity contribution is 7.90. The molecule has 1 N–H and O–H groups in total. The van der Waals surface area contributed by atoms with Gasteiger partial charge >= 0.3 is 0 Å². The fourth-order valence-corrected chi connectivity index (χ4v) is 6.17. The van der Waals surface area contributed by atoms with Crippen molar-refractivity contribution < 1.29 is 18.0 Å². The van der Waals surface area contributed by atoms with Gasteiger partial charge in [-0.05, 0) is 49.2 Å². The number of hydrogen-bond acceptors (Lipinski definition) is 7. The van der Waals surface area contributed by atoms with Crippen LogP contribution in [0.4, 0.5) is 0 Å². The van der Waals surface area contributed by atoms with Gasteiger partial charge in [0.2, 0.25) is 10.0 Å². The third-order valence-corrected chi connectivity index (χ3v) is 9.20. The molecular formula is C29H26N4O4S2. The van der Waals surface area contributed by atoms with E-state index in [0.29, 0.717) is 15.9 Å². The molecule has 10 heteroatoms. The third kappa shape index (κ3) is 5.52. The van der Waals surface area contributed by atoms with Crippen LogP contribution >= 0.6 is 11.3 Å². The fourth-order valence-electron chi connectivity index (χ4n) is 4.20. The second kappa shape index (κ2) is 10.9. The normalized spacial score (nSPS) is 11.7. The summed E-state index contributed by atoms with van der Waals surface area (Å²) in [4.78, 5) is 34.4. The monoisotopic (exact) mass is 558 g/mol. The predicted molar refractivity (Wildman–Crippen MR) is 153 cm³/mol. The van der Waals surface area contributed by atoms with Crippen molar-refractivity contribution in [2.24, 2.45) is 0 Å². The number of rotatable bonds is 9. The first-order chi connectivity index (χ1) is 18.7. The van der Waals surface area contributed by atoms with Crippen molar-refractivity contribution in [3.63, 3.8) is 0 Å². The van der Waals surface area contributed by atoms with Crippen LogP contribution < -0.4 is 5.32 Å². The van der Waals surface area contributed by atoms with E-state index < -0.39 is 21.2 Å². The molecule has 39 heavy (non-hydrogen) atoms. The van der Waals surface area contributed by atoms with Crippen molar-refractivity contribution >= 4 is 44.0 Å². The number of benzene rings is 2. The van der Waals surface area contributed by atoms with Gasteiger partial charge in [-0.2, -0.15) is 0 Å². The Morgan fingerprint density at radius 1 is 0.974 bits per heavy atom. The van der Waals surface area contributed by atoms with E-state index in [0.717, 1.165) is 26.4 Å². The maximum Gasteiger partial charge on any atom is 0.253 e. The number of para-hydroxylation sites is 1. The molecule has 198 valence electrons. The molecule has 0 radical (unpaired) electrons. The molecule has 5 rings (SSSR count). The van der Waals surface area contributed by atoms with Crippen LogP contribution in [0.5, 0.6) is 0 Å². The van der Waals surface area contributed by atoms with Crippen molar-refractivity contribution in [1.29, 1.82) is 0 Å². The van der Waals surface area contributed by atoms with E-state index in [4.69, 9.17) is 0 Å². The molecule has 0 saturated carbocycles. The molecule has 0 unspecified atom stereocenters. The van der Waals surface area contributed by atoms with Gasteiger partial charge in [0.15, 0.2) is 5.78 Å². The van der Waals surface area contributed by atoms with Crippen LogP contribution in [0.1, 0.15) is 29.2 Å². The summed E-state index contributed by atoms with van der Waals surface area (Å²) in [6, 6.07) is 18.7. The van der Waals surface area contributed by atoms with Crippen LogP contribution in [-0.4, -0.2) is 45.8 Å². The van der Waals surface area contributed by atoms with Crippen LogP contribution in [0.15, 0.2) is 84.6 Å². The Labute approximate surface area is 230 Å². The topological polar surface area (TPSA) is 111 Å². The highest BCUT2D eigenvalue weighted by Crippen LogP contribution is 2.28. The van der Waals surface area contributed by atoms with Crippen molar-refractivity contribution in [2.45, 2.75) is 25.5 Å². The fraction of sp³-hybridized carbons (Fsp3) is 0.172. The van der Waals surface area contributed by atoms with Crippen molar-refractivity contribution in [1.82, 2.24) is 19.3 Å². The number of fused-ring (bicyclic) bond motifs is 1. The molecule has 1 amide bonds. The van der Waals surface area contributed by atoms with Crippen LogP contribution in [0.3, 0.4) is 0 Å². The van der Waals surface area contributed by atoms with E-state index in [-0.39, 0.29) is 24.3 Å². The number of amides is 1. The lowest BCUT2D eigenvalue weighted by Crippen LogP contribution is -2.30. The Bertz CT molecular complexity index is 1770. The summed E-state index contributed by atoms with van der Waals surface area (Å²) in [6.07, 6.45) is 4.91. The summed E-state index contributed by atoms with van der Waals surface area (Å²) >= 11 is 1.39. The Hall–Kier alpha value is -4.15. The maximum atomic E-state index is 13.0. The van der Waals surface area contributed by atoms with Crippen molar-refractivity contribution in [3.05, 3.63) is 95.2 Å². The van der Waals surface area contributed by atoms with Crippen LogP contribution in [0.2, 0.25) is 0 Å². The second-order valence-corrected chi connectivity index (χ2v) is 12.6. The molecule has 0 saturated heterocycles. The number of nitrogens with zero attached hydrogens (tertiary/aromatic N) is 3. The van der Waals surface area contributed by atoms with Crippen LogP contribution in [0, 0.1) is 0 Å². The first-order valence-electron chi connectivity index (χ1n) is 12.3. The zero-order chi connectivity index (χ0) is 27.6. The molecule has 0 aliphatic carbocycles. The van der Waals surface area contributed by atoms with E-state index in [1.54, 1.807) is 50.5 Å². The van der Waals surface area contributed by atoms with Gasteiger partial charge in [-0.15, -0.1) is 11.3 Å². The molecule has 0 aliphatic heterocycles. The van der Waals surface area contributed by atoms with Gasteiger partial charge in [-0.25, -0.2) is 17.4 Å². The van der Waals surface area contributed by atoms with Gasteiger partial charge in [0.05, 0.1) is 35.0 Å². The number of pyridine rings is 1. The smallest absolute Gasteiger partial charge is 0.253 e. The highest BCUT2D eigenvalue weighted by Gasteiger charge is 2.24. The molecule has 0 spiro atoms. The quantitative estimate of drug-likeness (QED) is 0.274. The molecule has 5 aromatic rings. The molecule has 3 heterocycles. The van der Waals surface area contributed by atoms with Gasteiger partial charge in [0, 0.05) is 34.9 Å². The van der Waals surface area contributed by atoms with E-state index in [2.05, 4.69) is 15.3 Å². The summed E-state index contributed by atoms with van der Waals surface area (Å²) in [5.74, 6) is -0.710. The number of carbonyl (C=O) groups is 2. The SMILES string of the molecule is CC(C)S(=O)(=O)n1cc(C(=O)NCC(=O)Cc2nc(-c3cccc(-c4ccncc4)c3)cs2)c2ccccc21. The first-order valence-corrected chi connectivity index (χ1v) is 14.7. The minimum atomic E-state index is -3.67. The highest BCUT2D eigenvalue weighted by atomic mass is 32.2. The summed E-state index contributed by atoms with van der Waals surface area (Å²) in [5.41, 5.74) is 4.45. The largest absolute Gasteiger partial charge is 0.345 e. The Morgan fingerprint density at radius 2 is 1.72 bits per heavy atom. The van der Waals surface area contributed by atoms with Gasteiger partial charge in [0.25, 0.3) is 5.91 Å². The summed E-state index contributed by atoms with van der Waals surface area (Å²) < 4.78 is 26.8. The number of carbonyl (C=O) groups excluding carboxylic acids is 2. The summed E-state index contributed by atoms with van der Waals surface area (Å²) in [6.45, 7) is 2.98. The minimum Gasteiger partial charge on any atom is -0.345 e. The molecule has 0 atom stereocenters. The molecule has 0 bridgehead atoms. The van der Waals surface area contributed by atoms with Crippen LogP contribution in [0.25, 0.3) is 33.3 Å². The van der Waals surface area contributed by atoms with E-state index in [1.807, 2.05) is 41.8 Å². The molecule has 0 aliphatic rings. The lowest BCUT2D eigenvalue weighted by atomic mass is 10.0. The standard InChI is InChI=1S/C29H26N4O4S2/c1-19(2)39(36,37)33-17-25(24-8-3-4-9-27(24)33)29(35)31-16-23(34)15-28-32-26(18-38-28)22-7-5-6-21(14-22)20-10-12-30-13-11-20/h3-14,17-19H,15-16H2,1-2H3,(H,31,35). The number of ketones is 1. The zero-order valence-corrected chi connectivity index (χ0v) is 23.0. The summed E-state index contributed by atoms with van der Waals surface area (Å²) in [5, 5.41) is 5.05. The van der Waals surface area contributed by atoms with Gasteiger partial charge in [-0.3, -0.25) is 14.6 Å². The van der Waals surface area contributed by atoms with Crippen LogP contribution in [-0.2, 0) is 21.2 Å². The predicted octanol–water partition coefficient (Wildman–Crippen LogP) is 4.95. The average Bonchev–Trinajstić information content (AvgIpc) is 3.58. The van der Waals surface area contributed by atoms with Crippen molar-refractivity contribution in [3.8, 4) is 22.4 Å². The van der Waals surface area contributed by atoms with Crippen molar-refractivity contribution in [2.75, 3.05) is 6.54 Å². The van der Waals surface area contributed by atoms with E-state index >= 15 is 0 Å². The second-order valence-electron chi connectivity index (χ2n) is 9.29. The Balaban J connectivity index is 1.26. The Kier molecular flexibility index (Phi) is 7.40. The van der Waals surface area contributed by atoms with Gasteiger partial charge < -0.3 is 5.32 Å². The van der Waals surface area contributed by atoms with Gasteiger partial charge in [-0.1, -0.05) is 36.4 Å². The van der Waals surface area contributed by atoms with Gasteiger partial charge in [0.1, 0.15) is 5.01 Å². The summed E-state index contributed by atoms with van der Waals surface area (Å²) in [7, 11) is -3.67. The number of aromatic nitrogens is 3. The number of Topliss-reactive ketones (excluding diaryl/α,β-unsaturated/α-hetero) is 1. The molecule has 0 fully saturated rings. The third-order valence-electron chi connectivity index (χ3n) is 6.31. The number of nitrogens with one attached hydrogen (secondary N) is 1. The molecule has 2 aromatic carbocycles. The zero-order valence-electron chi connectivity index (χ0n) is 21.4. The first kappa shape index (κ1) is 26.5. The lowest BCUT2D eigenvalue weighted by Gasteiger charge is -2.09. The number of thiazole rings is 1. The van der Waals surface area contributed by atoms with E-state index in [1.165, 1.54) is 17.5 Å². The maximum absolute atomic E-state index is 13.0. The Morgan fingerprint density at radius 3 is 2.49 bits per heavy atom. The molecular weight excluding hydrogens is 532 g/mol. The minimum absolute atomic E-state index is 0.0818. The molecule has 3 aromatic heterocycles. The lowest BCUT2D eigenvalue weighted by molar-refractivity contribution is -0.117. The average molecular weight is 559 g/mol.